The van der Waals surface area contributed by atoms with Crippen LogP contribution in [-0.2, 0) is 9.53 Å². The summed E-state index contributed by atoms with van der Waals surface area (Å²) in [5, 5.41) is 2.93. The van der Waals surface area contributed by atoms with Crippen LogP contribution in [0.3, 0.4) is 0 Å². The van der Waals surface area contributed by atoms with Gasteiger partial charge < -0.3 is 14.8 Å². The number of carbonyl (C=O) groups is 2. The van der Waals surface area contributed by atoms with Gasteiger partial charge in [-0.2, -0.15) is 0 Å². The molecule has 1 aromatic carbocycles. The van der Waals surface area contributed by atoms with Crippen molar-refractivity contribution in [2.45, 2.75) is 39.2 Å². The first kappa shape index (κ1) is 18.2. The Morgan fingerprint density at radius 3 is 2.71 bits per heavy atom. The van der Waals surface area contributed by atoms with Crippen LogP contribution in [0, 0.1) is 17.7 Å². The van der Waals surface area contributed by atoms with Crippen LogP contribution >= 0.6 is 0 Å². The van der Waals surface area contributed by atoms with E-state index in [1.54, 1.807) is 0 Å². The quantitative estimate of drug-likeness (QED) is 0.839. The molecule has 0 bridgehead atoms. The van der Waals surface area contributed by atoms with Gasteiger partial charge in [0.2, 0.25) is 0 Å². The van der Waals surface area contributed by atoms with Gasteiger partial charge in [0.05, 0.1) is 12.7 Å². The second-order valence-electron chi connectivity index (χ2n) is 6.37. The third-order valence-corrected chi connectivity index (χ3v) is 4.78. The van der Waals surface area contributed by atoms with Crippen molar-refractivity contribution in [1.29, 1.82) is 0 Å². The standard InChI is InChI=1S/C18H24FNO4/c1-11-5-4-6-15(12(11)2)20-17(21)10-24-18(22)13-7-8-16(23-3)14(19)9-13/h7-9,11-12,15H,4-6,10H2,1-3H3,(H,20,21)/t11-,12+,15-/m0/s1. The summed E-state index contributed by atoms with van der Waals surface area (Å²) in [6.45, 7) is 3.94. The Labute approximate surface area is 141 Å². The highest BCUT2D eigenvalue weighted by atomic mass is 19.1. The molecule has 1 aliphatic rings. The predicted molar refractivity (Wildman–Crippen MR) is 87.3 cm³/mol. The Kier molecular flexibility index (Phi) is 6.17. The van der Waals surface area contributed by atoms with Gasteiger partial charge in [-0.15, -0.1) is 0 Å². The molecule has 3 atom stereocenters. The number of hydrogen-bond donors (Lipinski definition) is 1. The lowest BCUT2D eigenvalue weighted by Gasteiger charge is -2.34. The highest BCUT2D eigenvalue weighted by Gasteiger charge is 2.28. The highest BCUT2D eigenvalue weighted by Crippen LogP contribution is 2.29. The number of esters is 1. The topological polar surface area (TPSA) is 64.6 Å². The molecule has 0 aliphatic heterocycles. The number of rotatable bonds is 5. The fourth-order valence-electron chi connectivity index (χ4n) is 3.04. The van der Waals surface area contributed by atoms with Gasteiger partial charge >= 0.3 is 5.97 Å². The van der Waals surface area contributed by atoms with Gasteiger partial charge in [-0.25, -0.2) is 9.18 Å². The van der Waals surface area contributed by atoms with E-state index in [4.69, 9.17) is 9.47 Å². The summed E-state index contributed by atoms with van der Waals surface area (Å²) in [5.41, 5.74) is 0.0424. The van der Waals surface area contributed by atoms with Crippen LogP contribution in [0.25, 0.3) is 0 Å². The molecule has 1 fully saturated rings. The fourth-order valence-corrected chi connectivity index (χ4v) is 3.04. The van der Waals surface area contributed by atoms with E-state index in [-0.39, 0.29) is 29.9 Å². The van der Waals surface area contributed by atoms with Crippen molar-refractivity contribution in [3.63, 3.8) is 0 Å². The lowest BCUT2D eigenvalue weighted by molar-refractivity contribution is -0.125. The number of nitrogens with one attached hydrogen (secondary N) is 1. The molecule has 0 aromatic heterocycles. The molecule has 1 aromatic rings. The van der Waals surface area contributed by atoms with Gasteiger partial charge in [0.15, 0.2) is 18.2 Å². The zero-order chi connectivity index (χ0) is 17.7. The fraction of sp³-hybridized carbons (Fsp3) is 0.556. The van der Waals surface area contributed by atoms with Crippen molar-refractivity contribution in [2.24, 2.45) is 11.8 Å². The number of amides is 1. The van der Waals surface area contributed by atoms with Crippen LogP contribution in [0.1, 0.15) is 43.5 Å². The van der Waals surface area contributed by atoms with Crippen LogP contribution in [-0.4, -0.2) is 31.6 Å². The molecule has 132 valence electrons. The Morgan fingerprint density at radius 2 is 2.04 bits per heavy atom. The molecule has 1 saturated carbocycles. The van der Waals surface area contributed by atoms with Crippen LogP contribution < -0.4 is 10.1 Å². The van der Waals surface area contributed by atoms with Gasteiger partial charge in [-0.05, 0) is 36.5 Å². The molecule has 1 amide bonds. The van der Waals surface area contributed by atoms with E-state index >= 15 is 0 Å². The van der Waals surface area contributed by atoms with Crippen molar-refractivity contribution in [3.05, 3.63) is 29.6 Å². The zero-order valence-electron chi connectivity index (χ0n) is 14.3. The first-order valence-corrected chi connectivity index (χ1v) is 8.22. The van der Waals surface area contributed by atoms with Crippen LogP contribution in [0.15, 0.2) is 18.2 Å². The van der Waals surface area contributed by atoms with Crippen LogP contribution in [0.2, 0.25) is 0 Å². The zero-order valence-corrected chi connectivity index (χ0v) is 14.3. The predicted octanol–water partition coefficient (Wildman–Crippen LogP) is 2.93. The maximum atomic E-state index is 13.6. The van der Waals surface area contributed by atoms with Crippen molar-refractivity contribution >= 4 is 11.9 Å². The molecule has 1 N–H and O–H groups in total. The second-order valence-corrected chi connectivity index (χ2v) is 6.37. The summed E-state index contributed by atoms with van der Waals surface area (Å²) in [5.74, 6) is -0.714. The molecular weight excluding hydrogens is 313 g/mol. The minimum atomic E-state index is -0.739. The second kappa shape index (κ2) is 8.13. The number of carbonyl (C=O) groups excluding carboxylic acids is 2. The van der Waals surface area contributed by atoms with Crippen LogP contribution in [0.5, 0.6) is 5.75 Å². The van der Waals surface area contributed by atoms with Crippen molar-refractivity contribution < 1.29 is 23.5 Å². The molecule has 6 heteroatoms. The molecule has 1 aliphatic carbocycles. The Balaban J connectivity index is 1.85. The first-order valence-electron chi connectivity index (χ1n) is 8.22. The van der Waals surface area contributed by atoms with Crippen molar-refractivity contribution in [3.8, 4) is 5.75 Å². The maximum absolute atomic E-state index is 13.6. The Hall–Kier alpha value is -2.11. The van der Waals surface area contributed by atoms with E-state index in [1.807, 2.05) is 0 Å². The van der Waals surface area contributed by atoms with E-state index in [1.165, 1.54) is 25.7 Å². The normalized spacial score (nSPS) is 23.4. The van der Waals surface area contributed by atoms with E-state index in [0.29, 0.717) is 11.8 Å². The Bertz CT molecular complexity index is 605. The molecule has 2 rings (SSSR count). The van der Waals surface area contributed by atoms with Gasteiger partial charge in [-0.1, -0.05) is 26.7 Å². The minimum Gasteiger partial charge on any atom is -0.494 e. The van der Waals surface area contributed by atoms with E-state index in [9.17, 15) is 14.0 Å². The number of methoxy groups -OCH3 is 1. The summed E-state index contributed by atoms with van der Waals surface area (Å²) >= 11 is 0. The largest absolute Gasteiger partial charge is 0.494 e. The third kappa shape index (κ3) is 4.46. The molecular formula is C18H24FNO4. The summed E-state index contributed by atoms with van der Waals surface area (Å²) in [4.78, 5) is 23.9. The van der Waals surface area contributed by atoms with Gasteiger partial charge in [-0.3, -0.25) is 4.79 Å². The number of ether oxygens (including phenoxy) is 2. The summed E-state index contributed by atoms with van der Waals surface area (Å²) < 4.78 is 23.3. The third-order valence-electron chi connectivity index (χ3n) is 4.78. The summed E-state index contributed by atoms with van der Waals surface area (Å²) in [7, 11) is 1.34. The lowest BCUT2D eigenvalue weighted by Crippen LogP contribution is -2.45. The first-order chi connectivity index (χ1) is 11.4. The average Bonchev–Trinajstić information content (AvgIpc) is 2.56. The number of benzene rings is 1. The molecule has 0 heterocycles. The van der Waals surface area contributed by atoms with Gasteiger partial charge in [0, 0.05) is 6.04 Å². The van der Waals surface area contributed by atoms with Crippen molar-refractivity contribution in [1.82, 2.24) is 5.32 Å². The molecule has 0 saturated heterocycles. The van der Waals surface area contributed by atoms with E-state index < -0.39 is 11.8 Å². The smallest absolute Gasteiger partial charge is 0.338 e. The van der Waals surface area contributed by atoms with Crippen LogP contribution in [0.4, 0.5) is 4.39 Å². The number of halogens is 1. The van der Waals surface area contributed by atoms with Crippen molar-refractivity contribution in [2.75, 3.05) is 13.7 Å². The number of hydrogen-bond acceptors (Lipinski definition) is 4. The summed E-state index contributed by atoms with van der Waals surface area (Å²) in [6.07, 6.45) is 3.20. The van der Waals surface area contributed by atoms with E-state index in [0.717, 1.165) is 18.9 Å². The maximum Gasteiger partial charge on any atom is 0.338 e. The molecule has 5 nitrogen and oxygen atoms in total. The van der Waals surface area contributed by atoms with Gasteiger partial charge in [0.1, 0.15) is 0 Å². The monoisotopic (exact) mass is 337 g/mol. The molecule has 0 unspecified atom stereocenters. The lowest BCUT2D eigenvalue weighted by atomic mass is 9.78. The molecule has 0 radical (unpaired) electrons. The average molecular weight is 337 g/mol. The highest BCUT2D eigenvalue weighted by molar-refractivity contribution is 5.91. The SMILES string of the molecule is COc1ccc(C(=O)OCC(=O)N[C@H]2CCC[C@H](C)[C@H]2C)cc1F. The van der Waals surface area contributed by atoms with Gasteiger partial charge in [0.25, 0.3) is 5.91 Å². The molecule has 0 spiro atoms. The van der Waals surface area contributed by atoms with E-state index in [2.05, 4.69) is 19.2 Å². The minimum absolute atomic E-state index is 0.0424. The molecule has 24 heavy (non-hydrogen) atoms. The Morgan fingerprint density at radius 1 is 1.29 bits per heavy atom. The summed E-state index contributed by atoms with van der Waals surface area (Å²) in [6, 6.07) is 3.88.